The molecular weight excluding hydrogens is 727 g/mol. The predicted octanol–water partition coefficient (Wildman–Crippen LogP) is 14.0. The lowest BCUT2D eigenvalue weighted by Crippen LogP contribution is -2.22. The minimum atomic E-state index is 0.556. The predicted molar refractivity (Wildman–Crippen MR) is 247 cm³/mol. The van der Waals surface area contributed by atoms with Gasteiger partial charge in [0.2, 0.25) is 0 Å². The summed E-state index contributed by atoms with van der Waals surface area (Å²) in [5, 5.41) is 8.00. The minimum absolute atomic E-state index is 0.556. The largest absolute Gasteiger partial charge is 0.456 e. The zero-order valence-electron chi connectivity index (χ0n) is 31.8. The number of nitrogens with zero attached hydrogens (tertiary/aromatic N) is 2. The zero-order valence-corrected chi connectivity index (χ0v) is 32.6. The van der Waals surface area contributed by atoms with Crippen molar-refractivity contribution in [2.24, 2.45) is 9.98 Å². The number of hydrogen-bond acceptors (Lipinski definition) is 3. The van der Waals surface area contributed by atoms with Gasteiger partial charge < -0.3 is 9.73 Å². The molecule has 2 heterocycles. The third kappa shape index (κ3) is 6.47. The highest BCUT2D eigenvalue weighted by molar-refractivity contribution is 7.26. The SMILES string of the molecule is C=C(N=C(N=C(NC)c1cccc2oc3cc(-c4cccc(-c5cccc6c5sc5ccccc56)c4)ccc3c12)c1ccccc1)c1ccc(-c2ccccc2)cc1. The van der Waals surface area contributed by atoms with Crippen LogP contribution >= 0.6 is 11.3 Å². The normalized spacial score (nSPS) is 12.2. The molecule has 0 aliphatic carbocycles. The van der Waals surface area contributed by atoms with Crippen LogP contribution < -0.4 is 5.32 Å². The van der Waals surface area contributed by atoms with Gasteiger partial charge in [-0.25, -0.2) is 9.98 Å². The van der Waals surface area contributed by atoms with E-state index in [1.54, 1.807) is 0 Å². The van der Waals surface area contributed by atoms with Crippen molar-refractivity contribution in [3.05, 3.63) is 211 Å². The van der Waals surface area contributed by atoms with Crippen LogP contribution in [0.15, 0.2) is 209 Å². The third-order valence-electron chi connectivity index (χ3n) is 10.7. The summed E-state index contributed by atoms with van der Waals surface area (Å²) in [5.41, 5.74) is 11.9. The van der Waals surface area contributed by atoms with E-state index in [2.05, 4.69) is 151 Å². The van der Waals surface area contributed by atoms with Gasteiger partial charge in [-0.3, -0.25) is 0 Å². The molecule has 58 heavy (non-hydrogen) atoms. The molecule has 2 aromatic heterocycles. The molecule has 0 radical (unpaired) electrons. The fourth-order valence-corrected chi connectivity index (χ4v) is 9.06. The van der Waals surface area contributed by atoms with E-state index in [9.17, 15) is 0 Å². The zero-order chi connectivity index (χ0) is 39.0. The van der Waals surface area contributed by atoms with E-state index in [0.717, 1.165) is 55.3 Å². The topological polar surface area (TPSA) is 49.9 Å². The lowest BCUT2D eigenvalue weighted by molar-refractivity contribution is 0.669. The molecule has 10 rings (SSSR count). The maximum atomic E-state index is 6.58. The summed E-state index contributed by atoms with van der Waals surface area (Å²) >= 11 is 1.86. The molecule has 5 heteroatoms. The molecule has 0 fully saturated rings. The maximum Gasteiger partial charge on any atom is 0.162 e. The van der Waals surface area contributed by atoms with Gasteiger partial charge in [-0.2, -0.15) is 0 Å². The molecule has 4 nitrogen and oxygen atoms in total. The summed E-state index contributed by atoms with van der Waals surface area (Å²) < 4.78 is 9.20. The molecule has 1 N–H and O–H groups in total. The van der Waals surface area contributed by atoms with Gasteiger partial charge in [-0.1, -0.05) is 164 Å². The van der Waals surface area contributed by atoms with E-state index in [-0.39, 0.29) is 0 Å². The highest BCUT2D eigenvalue weighted by Gasteiger charge is 2.17. The van der Waals surface area contributed by atoms with Gasteiger partial charge in [-0.15, -0.1) is 11.3 Å². The first-order chi connectivity index (χ1) is 28.6. The summed E-state index contributed by atoms with van der Waals surface area (Å²) in [4.78, 5) is 10.2. The van der Waals surface area contributed by atoms with Gasteiger partial charge in [0.05, 0.1) is 5.70 Å². The van der Waals surface area contributed by atoms with Crippen LogP contribution in [0.1, 0.15) is 16.7 Å². The van der Waals surface area contributed by atoms with Gasteiger partial charge in [0.15, 0.2) is 5.84 Å². The molecule has 0 bridgehead atoms. The van der Waals surface area contributed by atoms with Crippen molar-refractivity contribution < 1.29 is 4.42 Å². The Hall–Kier alpha value is -7.34. The van der Waals surface area contributed by atoms with Crippen molar-refractivity contribution in [3.8, 4) is 33.4 Å². The van der Waals surface area contributed by atoms with E-state index in [0.29, 0.717) is 17.4 Å². The minimum Gasteiger partial charge on any atom is -0.456 e. The number of rotatable bonds is 7. The highest BCUT2D eigenvalue weighted by atomic mass is 32.1. The average Bonchev–Trinajstić information content (AvgIpc) is 3.87. The number of fused-ring (bicyclic) bond motifs is 6. The summed E-state index contributed by atoms with van der Waals surface area (Å²) in [7, 11) is 1.89. The van der Waals surface area contributed by atoms with Crippen LogP contribution in [-0.2, 0) is 0 Å². The summed E-state index contributed by atoms with van der Waals surface area (Å²) in [5.74, 6) is 1.23. The Morgan fingerprint density at radius 2 is 1.17 bits per heavy atom. The Labute approximate surface area is 340 Å². The second-order valence-corrected chi connectivity index (χ2v) is 15.3. The van der Waals surface area contributed by atoms with Crippen LogP contribution in [0.2, 0.25) is 0 Å². The van der Waals surface area contributed by atoms with Gasteiger partial charge >= 0.3 is 0 Å². The lowest BCUT2D eigenvalue weighted by atomic mass is 9.97. The first-order valence-electron chi connectivity index (χ1n) is 19.3. The second-order valence-electron chi connectivity index (χ2n) is 14.3. The van der Waals surface area contributed by atoms with Crippen LogP contribution in [0.5, 0.6) is 0 Å². The number of hydrogen-bond donors (Lipinski definition) is 1. The van der Waals surface area contributed by atoms with Crippen LogP contribution in [0.3, 0.4) is 0 Å². The Kier molecular flexibility index (Phi) is 9.05. The fraction of sp³-hybridized carbons (Fsp3) is 0.0189. The molecule has 0 spiro atoms. The highest BCUT2D eigenvalue weighted by Crippen LogP contribution is 2.41. The van der Waals surface area contributed by atoms with Gasteiger partial charge in [0.25, 0.3) is 0 Å². The smallest absolute Gasteiger partial charge is 0.162 e. The molecule has 10 aromatic rings. The van der Waals surface area contributed by atoms with Crippen molar-refractivity contribution in [2.75, 3.05) is 7.05 Å². The van der Waals surface area contributed by atoms with Crippen LogP contribution in [-0.4, -0.2) is 18.7 Å². The van der Waals surface area contributed by atoms with E-state index >= 15 is 0 Å². The number of aliphatic imine (C=N–C) groups is 2. The van der Waals surface area contributed by atoms with E-state index in [1.165, 1.54) is 36.9 Å². The summed E-state index contributed by atoms with van der Waals surface area (Å²) in [6, 6.07) is 65.4. The molecule has 0 saturated heterocycles. The first-order valence-corrected chi connectivity index (χ1v) is 20.1. The molecule has 0 unspecified atom stereocenters. The molecule has 0 saturated carbocycles. The second kappa shape index (κ2) is 15.0. The van der Waals surface area contributed by atoms with E-state index in [1.807, 2.05) is 66.9 Å². The van der Waals surface area contributed by atoms with Crippen molar-refractivity contribution in [2.45, 2.75) is 0 Å². The summed E-state index contributed by atoms with van der Waals surface area (Å²) in [6.45, 7) is 4.37. The molecule has 8 aromatic carbocycles. The van der Waals surface area contributed by atoms with Crippen LogP contribution in [0.25, 0.3) is 81.2 Å². The van der Waals surface area contributed by atoms with Gasteiger partial charge in [0, 0.05) is 49.1 Å². The van der Waals surface area contributed by atoms with Crippen molar-refractivity contribution in [3.63, 3.8) is 0 Å². The third-order valence-corrected chi connectivity index (χ3v) is 11.9. The summed E-state index contributed by atoms with van der Waals surface area (Å²) in [6.07, 6.45) is 0. The Bertz CT molecular complexity index is 3210. The lowest BCUT2D eigenvalue weighted by Gasteiger charge is -2.11. The van der Waals surface area contributed by atoms with Gasteiger partial charge in [0.1, 0.15) is 17.0 Å². The van der Waals surface area contributed by atoms with Crippen molar-refractivity contribution in [1.82, 2.24) is 5.32 Å². The quantitative estimate of drug-likeness (QED) is 0.130. The van der Waals surface area contributed by atoms with Crippen LogP contribution in [0.4, 0.5) is 0 Å². The first kappa shape index (κ1) is 35.1. The molecule has 0 atom stereocenters. The van der Waals surface area contributed by atoms with Crippen LogP contribution in [0, 0.1) is 0 Å². The Balaban J connectivity index is 1.02. The molecule has 0 aliphatic heterocycles. The van der Waals surface area contributed by atoms with E-state index in [4.69, 9.17) is 14.4 Å². The number of amidine groups is 2. The standard InChI is InChI=1S/C53H37N3OS/c1-34(35-26-28-37(29-27-35)36-14-5-3-6-15-36)55-52(38-16-7-4-8-17-38)56-53(54-2)46-23-13-24-47-50(46)45-31-30-40(33-48(45)57-47)39-18-11-19-41(32-39)42-21-12-22-44-43-20-9-10-25-49(43)58-51(42)44/h3-33H,1H2,2H3,(H,54,55,56). The Morgan fingerprint density at radius 1 is 0.517 bits per heavy atom. The number of nitrogens with one attached hydrogen (secondary N) is 1. The molecule has 0 aliphatic rings. The monoisotopic (exact) mass is 763 g/mol. The van der Waals surface area contributed by atoms with Gasteiger partial charge in [-0.05, 0) is 69.3 Å². The van der Waals surface area contributed by atoms with E-state index < -0.39 is 0 Å². The maximum absolute atomic E-state index is 6.58. The van der Waals surface area contributed by atoms with Crippen molar-refractivity contribution >= 4 is 70.8 Å². The fourth-order valence-electron chi connectivity index (χ4n) is 7.82. The molecule has 0 amide bonds. The number of thiophene rings is 1. The molecular formula is C53H37N3OS. The average molecular weight is 764 g/mol. The number of benzene rings is 8. The van der Waals surface area contributed by atoms with Crippen molar-refractivity contribution in [1.29, 1.82) is 0 Å². The molecule has 276 valence electrons. The number of furan rings is 1. The Morgan fingerprint density at radius 3 is 2.00 bits per heavy atom.